The molecule has 1 aromatic rings. The van der Waals surface area contributed by atoms with Gasteiger partial charge in [0.2, 0.25) is 0 Å². The van der Waals surface area contributed by atoms with Crippen LogP contribution in [0.2, 0.25) is 0 Å². The molecule has 0 bridgehead atoms. The summed E-state index contributed by atoms with van der Waals surface area (Å²) >= 11 is 0. The minimum atomic E-state index is -3.67. The van der Waals surface area contributed by atoms with Gasteiger partial charge in [-0.05, 0) is 44.4 Å². The maximum absolute atomic E-state index is 11.9. The largest absolute Gasteiger partial charge is 0.480 e. The van der Waals surface area contributed by atoms with Crippen LogP contribution in [0.4, 0.5) is 0 Å². The monoisotopic (exact) mass is 270 g/mol. The molecule has 1 atom stereocenters. The van der Waals surface area contributed by atoms with E-state index in [0.29, 0.717) is 5.56 Å². The van der Waals surface area contributed by atoms with Crippen molar-refractivity contribution in [3.8, 4) is 0 Å². The van der Waals surface area contributed by atoms with Gasteiger partial charge in [-0.3, -0.25) is 4.79 Å². The number of sulfone groups is 1. The van der Waals surface area contributed by atoms with E-state index in [1.165, 1.54) is 6.92 Å². The van der Waals surface area contributed by atoms with Crippen molar-refractivity contribution in [1.82, 2.24) is 0 Å². The molecule has 0 amide bonds. The summed E-state index contributed by atoms with van der Waals surface area (Å²) in [5, 5.41) is 7.42. The molecule has 0 heterocycles. The van der Waals surface area contributed by atoms with E-state index in [0.717, 1.165) is 16.7 Å². The molecule has 4 nitrogen and oxygen atoms in total. The van der Waals surface area contributed by atoms with E-state index in [4.69, 9.17) is 5.11 Å². The van der Waals surface area contributed by atoms with E-state index >= 15 is 0 Å². The van der Waals surface area contributed by atoms with Crippen molar-refractivity contribution < 1.29 is 18.3 Å². The van der Waals surface area contributed by atoms with Gasteiger partial charge in [-0.15, -0.1) is 0 Å². The molecule has 0 saturated heterocycles. The quantitative estimate of drug-likeness (QED) is 0.908. The molecule has 0 fully saturated rings. The van der Waals surface area contributed by atoms with Crippen LogP contribution in [0.5, 0.6) is 0 Å². The molecule has 1 aromatic carbocycles. The third-order valence-corrected chi connectivity index (χ3v) is 5.04. The Morgan fingerprint density at radius 1 is 1.22 bits per heavy atom. The van der Waals surface area contributed by atoms with Crippen molar-refractivity contribution in [1.29, 1.82) is 0 Å². The number of rotatable bonds is 4. The van der Waals surface area contributed by atoms with Crippen LogP contribution in [-0.2, 0) is 20.4 Å². The Labute approximate surface area is 108 Å². The summed E-state index contributed by atoms with van der Waals surface area (Å²) in [4.78, 5) is 10.8. The van der Waals surface area contributed by atoms with E-state index in [1.54, 1.807) is 0 Å². The number of hydrogen-bond acceptors (Lipinski definition) is 3. The zero-order valence-electron chi connectivity index (χ0n) is 11.0. The van der Waals surface area contributed by atoms with Gasteiger partial charge in [0.05, 0.1) is 5.75 Å². The van der Waals surface area contributed by atoms with Crippen LogP contribution in [-0.4, -0.2) is 24.7 Å². The summed E-state index contributed by atoms with van der Waals surface area (Å²) in [6.07, 6.45) is 0. The van der Waals surface area contributed by atoms with Gasteiger partial charge in [-0.25, -0.2) is 8.42 Å². The number of aliphatic carboxylic acids is 1. The van der Waals surface area contributed by atoms with Crippen molar-refractivity contribution in [2.75, 3.05) is 0 Å². The van der Waals surface area contributed by atoms with Gasteiger partial charge in [-0.2, -0.15) is 0 Å². The first-order valence-electron chi connectivity index (χ1n) is 5.66. The van der Waals surface area contributed by atoms with Crippen LogP contribution in [0.3, 0.4) is 0 Å². The predicted octanol–water partition coefficient (Wildman–Crippen LogP) is 2.00. The Bertz CT molecular complexity index is 550. The first-order chi connectivity index (χ1) is 8.15. The lowest BCUT2D eigenvalue weighted by Gasteiger charge is -2.13. The summed E-state index contributed by atoms with van der Waals surface area (Å²) < 4.78 is 23.9. The summed E-state index contributed by atoms with van der Waals surface area (Å²) in [6, 6.07) is 3.81. The lowest BCUT2D eigenvalue weighted by Crippen LogP contribution is -2.28. The third-order valence-electron chi connectivity index (χ3n) is 3.07. The first-order valence-corrected chi connectivity index (χ1v) is 7.38. The highest BCUT2D eigenvalue weighted by Crippen LogP contribution is 2.21. The van der Waals surface area contributed by atoms with Gasteiger partial charge < -0.3 is 5.11 Å². The average Bonchev–Trinajstić information content (AvgIpc) is 2.22. The van der Waals surface area contributed by atoms with Crippen molar-refractivity contribution in [3.63, 3.8) is 0 Å². The van der Waals surface area contributed by atoms with Gasteiger partial charge >= 0.3 is 5.97 Å². The predicted molar refractivity (Wildman–Crippen MR) is 70.4 cm³/mol. The van der Waals surface area contributed by atoms with E-state index in [-0.39, 0.29) is 5.75 Å². The van der Waals surface area contributed by atoms with Crippen molar-refractivity contribution in [3.05, 3.63) is 34.4 Å². The second kappa shape index (κ2) is 5.10. The second-order valence-corrected chi connectivity index (χ2v) is 6.99. The molecule has 0 aliphatic rings. The summed E-state index contributed by atoms with van der Waals surface area (Å²) in [5.74, 6) is -1.53. The molecule has 5 heteroatoms. The van der Waals surface area contributed by atoms with Crippen LogP contribution in [0.15, 0.2) is 12.1 Å². The Balaban J connectivity index is 3.17. The Kier molecular flexibility index (Phi) is 4.16. The van der Waals surface area contributed by atoms with Gasteiger partial charge in [0.1, 0.15) is 0 Å². The highest BCUT2D eigenvalue weighted by molar-refractivity contribution is 7.92. The van der Waals surface area contributed by atoms with Crippen molar-refractivity contribution in [2.45, 2.75) is 38.7 Å². The Morgan fingerprint density at radius 2 is 1.67 bits per heavy atom. The molecular weight excluding hydrogens is 252 g/mol. The molecule has 100 valence electrons. The Morgan fingerprint density at radius 3 is 2.06 bits per heavy atom. The summed E-state index contributed by atoms with van der Waals surface area (Å²) in [6.45, 7) is 6.83. The molecule has 0 spiro atoms. The summed E-state index contributed by atoms with van der Waals surface area (Å²) in [5.41, 5.74) is 3.54. The molecule has 1 N–H and O–H groups in total. The van der Waals surface area contributed by atoms with E-state index in [1.807, 2.05) is 32.9 Å². The Hall–Kier alpha value is -1.36. The first kappa shape index (κ1) is 14.7. The van der Waals surface area contributed by atoms with Crippen LogP contribution in [0.25, 0.3) is 0 Å². The fraction of sp³-hybridized carbons (Fsp3) is 0.462. The lowest BCUT2D eigenvalue weighted by molar-refractivity contribution is -0.136. The van der Waals surface area contributed by atoms with Gasteiger partial charge in [0, 0.05) is 0 Å². The highest BCUT2D eigenvalue weighted by atomic mass is 32.2. The molecule has 1 rings (SSSR count). The molecular formula is C13H18O4S. The van der Waals surface area contributed by atoms with Crippen LogP contribution in [0.1, 0.15) is 29.2 Å². The van der Waals surface area contributed by atoms with E-state index in [2.05, 4.69) is 0 Å². The van der Waals surface area contributed by atoms with E-state index < -0.39 is 21.1 Å². The molecule has 18 heavy (non-hydrogen) atoms. The minimum Gasteiger partial charge on any atom is -0.480 e. The van der Waals surface area contributed by atoms with E-state index in [9.17, 15) is 13.2 Å². The number of benzene rings is 1. The molecule has 0 radical (unpaired) electrons. The van der Waals surface area contributed by atoms with Crippen molar-refractivity contribution in [2.24, 2.45) is 0 Å². The maximum atomic E-state index is 11.9. The zero-order chi connectivity index (χ0) is 14.1. The lowest BCUT2D eigenvalue weighted by atomic mass is 10.0. The van der Waals surface area contributed by atoms with Crippen LogP contribution in [0, 0.1) is 20.8 Å². The number of aryl methyl sites for hydroxylation is 3. The SMILES string of the molecule is Cc1cc(C)c(CS(=O)(=O)C(C)C(=O)O)c(C)c1. The standard InChI is InChI=1S/C13H18O4S/c1-8-5-9(2)12(10(3)6-8)7-18(16,17)11(4)13(14)15/h5-6,11H,7H2,1-4H3,(H,14,15). The molecule has 0 aromatic heterocycles. The second-order valence-electron chi connectivity index (χ2n) is 4.66. The smallest absolute Gasteiger partial charge is 0.321 e. The number of carboxylic acids is 1. The molecule has 1 unspecified atom stereocenters. The summed E-state index contributed by atoms with van der Waals surface area (Å²) in [7, 11) is -3.67. The maximum Gasteiger partial charge on any atom is 0.321 e. The number of hydrogen-bond donors (Lipinski definition) is 1. The molecule has 0 aliphatic carbocycles. The minimum absolute atomic E-state index is 0.224. The average molecular weight is 270 g/mol. The third kappa shape index (κ3) is 3.10. The fourth-order valence-electron chi connectivity index (χ4n) is 1.92. The fourth-order valence-corrected chi connectivity index (χ4v) is 3.33. The normalized spacial score (nSPS) is 13.3. The van der Waals surface area contributed by atoms with Crippen molar-refractivity contribution >= 4 is 15.8 Å². The topological polar surface area (TPSA) is 71.4 Å². The molecule has 0 aliphatic heterocycles. The number of carbonyl (C=O) groups is 1. The van der Waals surface area contributed by atoms with Gasteiger partial charge in [0.25, 0.3) is 0 Å². The van der Waals surface area contributed by atoms with Crippen LogP contribution >= 0.6 is 0 Å². The number of carboxylic acid groups (broad SMARTS) is 1. The molecule has 0 saturated carbocycles. The zero-order valence-corrected chi connectivity index (χ0v) is 11.8. The van der Waals surface area contributed by atoms with Crippen LogP contribution < -0.4 is 0 Å². The van der Waals surface area contributed by atoms with Gasteiger partial charge in [0.15, 0.2) is 15.1 Å². The van der Waals surface area contributed by atoms with Gasteiger partial charge in [-0.1, -0.05) is 17.7 Å². The highest BCUT2D eigenvalue weighted by Gasteiger charge is 2.28.